The topological polar surface area (TPSA) is 54.7 Å². The second-order valence-corrected chi connectivity index (χ2v) is 6.06. The Labute approximate surface area is 144 Å². The zero-order chi connectivity index (χ0) is 16.9. The number of hydrogen-bond donors (Lipinski definition) is 1. The van der Waals surface area contributed by atoms with Crippen molar-refractivity contribution in [2.75, 3.05) is 18.5 Å². The summed E-state index contributed by atoms with van der Waals surface area (Å²) in [6.45, 7) is 1.50. The zero-order valence-electron chi connectivity index (χ0n) is 13.0. The predicted molar refractivity (Wildman–Crippen MR) is 88.5 cm³/mol. The summed E-state index contributed by atoms with van der Waals surface area (Å²) in [6.07, 6.45) is 3.50. The maximum Gasteiger partial charge on any atom is 0.322 e. The van der Waals surface area contributed by atoms with E-state index in [1.54, 1.807) is 17.2 Å². The minimum Gasteiger partial charge on any atom is -0.467 e. The third-order valence-corrected chi connectivity index (χ3v) is 4.12. The van der Waals surface area contributed by atoms with Crippen molar-refractivity contribution in [3.63, 3.8) is 0 Å². The highest BCUT2D eigenvalue weighted by atomic mass is 35.5. The zero-order valence-corrected chi connectivity index (χ0v) is 13.8. The maximum atomic E-state index is 13.2. The lowest BCUT2D eigenvalue weighted by Crippen LogP contribution is -2.39. The van der Waals surface area contributed by atoms with Crippen LogP contribution in [0, 0.1) is 5.82 Å². The van der Waals surface area contributed by atoms with E-state index in [1.807, 2.05) is 6.07 Å². The number of carbonyl (C=O) groups excluding carboxylic acids is 1. The number of anilines is 1. The van der Waals surface area contributed by atoms with Gasteiger partial charge in [0.15, 0.2) is 0 Å². The van der Waals surface area contributed by atoms with Crippen LogP contribution >= 0.6 is 11.6 Å². The van der Waals surface area contributed by atoms with E-state index in [-0.39, 0.29) is 17.2 Å². The van der Waals surface area contributed by atoms with Crippen LogP contribution in [0.4, 0.5) is 14.9 Å². The van der Waals surface area contributed by atoms with Gasteiger partial charge in [-0.05, 0) is 43.2 Å². The van der Waals surface area contributed by atoms with Gasteiger partial charge in [0.1, 0.15) is 11.6 Å². The Morgan fingerprint density at radius 2 is 2.29 bits per heavy atom. The summed E-state index contributed by atoms with van der Waals surface area (Å²) in [5, 5.41) is 2.70. The molecule has 1 atom stereocenters. The van der Waals surface area contributed by atoms with Gasteiger partial charge in [-0.15, -0.1) is 0 Å². The van der Waals surface area contributed by atoms with Crippen LogP contribution in [0.15, 0.2) is 41.0 Å². The van der Waals surface area contributed by atoms with E-state index in [1.165, 1.54) is 18.2 Å². The summed E-state index contributed by atoms with van der Waals surface area (Å²) >= 11 is 5.75. The van der Waals surface area contributed by atoms with E-state index in [0.717, 1.165) is 12.8 Å². The van der Waals surface area contributed by atoms with Crippen molar-refractivity contribution in [3.8, 4) is 0 Å². The highest BCUT2D eigenvalue weighted by Gasteiger charge is 2.23. The quantitative estimate of drug-likeness (QED) is 0.873. The van der Waals surface area contributed by atoms with E-state index in [4.69, 9.17) is 20.8 Å². The molecule has 1 aromatic heterocycles. The molecular formula is C17H18ClFN2O3. The first-order chi connectivity index (χ1) is 11.6. The maximum absolute atomic E-state index is 13.2. The Bertz CT molecular complexity index is 687. The van der Waals surface area contributed by atoms with Crippen LogP contribution in [-0.4, -0.2) is 30.2 Å². The van der Waals surface area contributed by atoms with Crippen LogP contribution in [0.3, 0.4) is 0 Å². The van der Waals surface area contributed by atoms with Gasteiger partial charge in [0, 0.05) is 18.8 Å². The predicted octanol–water partition coefficient (Wildman–Crippen LogP) is 4.29. The third kappa shape index (κ3) is 4.27. The van der Waals surface area contributed by atoms with E-state index >= 15 is 0 Å². The molecule has 24 heavy (non-hydrogen) atoms. The molecule has 1 aromatic carbocycles. The first-order valence-electron chi connectivity index (χ1n) is 7.77. The van der Waals surface area contributed by atoms with Gasteiger partial charge in [-0.3, -0.25) is 0 Å². The molecule has 1 aliphatic rings. The third-order valence-electron chi connectivity index (χ3n) is 3.83. The summed E-state index contributed by atoms with van der Waals surface area (Å²) in [4.78, 5) is 14.2. The molecule has 1 aliphatic heterocycles. The van der Waals surface area contributed by atoms with Crippen molar-refractivity contribution >= 4 is 23.3 Å². The lowest BCUT2D eigenvalue weighted by molar-refractivity contribution is 0.0803. The van der Waals surface area contributed by atoms with Gasteiger partial charge < -0.3 is 19.4 Å². The molecule has 1 N–H and O–H groups in total. The van der Waals surface area contributed by atoms with E-state index in [2.05, 4.69) is 5.32 Å². The Morgan fingerprint density at radius 3 is 2.96 bits per heavy atom. The van der Waals surface area contributed by atoms with Crippen LogP contribution < -0.4 is 5.32 Å². The van der Waals surface area contributed by atoms with Gasteiger partial charge in [-0.1, -0.05) is 11.6 Å². The van der Waals surface area contributed by atoms with Gasteiger partial charge in [0.05, 0.1) is 23.9 Å². The molecule has 0 unspecified atom stereocenters. The molecule has 7 heteroatoms. The molecule has 0 saturated carbocycles. The van der Waals surface area contributed by atoms with Crippen LogP contribution in [-0.2, 0) is 11.3 Å². The SMILES string of the molecule is O=C(Nc1ccc(F)c(Cl)c1)N(Cc1ccco1)C[C@H]1CCCO1. The van der Waals surface area contributed by atoms with E-state index in [0.29, 0.717) is 31.1 Å². The van der Waals surface area contributed by atoms with Crippen LogP contribution in [0.25, 0.3) is 0 Å². The minimum absolute atomic E-state index is 0.0162. The summed E-state index contributed by atoms with van der Waals surface area (Å²) in [7, 11) is 0. The van der Waals surface area contributed by atoms with E-state index < -0.39 is 5.82 Å². The van der Waals surface area contributed by atoms with Crippen molar-refractivity contribution in [2.45, 2.75) is 25.5 Å². The monoisotopic (exact) mass is 352 g/mol. The number of furan rings is 1. The molecule has 0 aliphatic carbocycles. The van der Waals surface area contributed by atoms with Gasteiger partial charge in [-0.2, -0.15) is 0 Å². The smallest absolute Gasteiger partial charge is 0.322 e. The number of amides is 2. The van der Waals surface area contributed by atoms with Gasteiger partial charge in [0.25, 0.3) is 0 Å². The summed E-state index contributed by atoms with van der Waals surface area (Å²) < 4.78 is 24.2. The van der Waals surface area contributed by atoms with Gasteiger partial charge in [-0.25, -0.2) is 9.18 Å². The first-order valence-corrected chi connectivity index (χ1v) is 8.14. The molecule has 2 amide bonds. The van der Waals surface area contributed by atoms with Crippen LogP contribution in [0.2, 0.25) is 5.02 Å². The number of carbonyl (C=O) groups is 1. The van der Waals surface area contributed by atoms with Crippen molar-refractivity contribution in [2.24, 2.45) is 0 Å². The molecule has 5 nitrogen and oxygen atoms in total. The number of rotatable bonds is 5. The molecule has 128 valence electrons. The average Bonchev–Trinajstić information content (AvgIpc) is 3.24. The fourth-order valence-corrected chi connectivity index (χ4v) is 2.80. The highest BCUT2D eigenvalue weighted by molar-refractivity contribution is 6.31. The molecule has 0 bridgehead atoms. The molecule has 2 aromatic rings. The largest absolute Gasteiger partial charge is 0.467 e. The van der Waals surface area contributed by atoms with Crippen molar-refractivity contribution in [1.82, 2.24) is 4.90 Å². The fraction of sp³-hybridized carbons (Fsp3) is 0.353. The average molecular weight is 353 g/mol. The van der Waals surface area contributed by atoms with Crippen molar-refractivity contribution < 1.29 is 18.3 Å². The number of urea groups is 1. The van der Waals surface area contributed by atoms with Crippen molar-refractivity contribution in [1.29, 1.82) is 0 Å². The number of ether oxygens (including phenoxy) is 1. The van der Waals surface area contributed by atoms with Crippen LogP contribution in [0.5, 0.6) is 0 Å². The van der Waals surface area contributed by atoms with Gasteiger partial charge in [0.2, 0.25) is 0 Å². The lowest BCUT2D eigenvalue weighted by atomic mass is 10.2. The molecule has 1 saturated heterocycles. The Hall–Kier alpha value is -2.05. The fourth-order valence-electron chi connectivity index (χ4n) is 2.62. The Morgan fingerprint density at radius 1 is 1.42 bits per heavy atom. The minimum atomic E-state index is -0.526. The lowest BCUT2D eigenvalue weighted by Gasteiger charge is -2.25. The molecule has 2 heterocycles. The number of nitrogens with zero attached hydrogens (tertiary/aromatic N) is 1. The summed E-state index contributed by atoms with van der Waals surface area (Å²) in [5.74, 6) is 0.154. The summed E-state index contributed by atoms with van der Waals surface area (Å²) in [6, 6.07) is 7.34. The van der Waals surface area contributed by atoms with Crippen molar-refractivity contribution in [3.05, 3.63) is 53.2 Å². The van der Waals surface area contributed by atoms with E-state index in [9.17, 15) is 9.18 Å². The number of benzene rings is 1. The molecule has 0 radical (unpaired) electrons. The second kappa shape index (κ2) is 7.68. The molecule has 1 fully saturated rings. The number of hydrogen-bond acceptors (Lipinski definition) is 3. The Kier molecular flexibility index (Phi) is 5.37. The summed E-state index contributed by atoms with van der Waals surface area (Å²) in [5.41, 5.74) is 0.434. The molecular weight excluding hydrogens is 335 g/mol. The second-order valence-electron chi connectivity index (χ2n) is 5.65. The first kappa shape index (κ1) is 16.8. The number of nitrogens with one attached hydrogen (secondary N) is 1. The van der Waals surface area contributed by atoms with Crippen LogP contribution in [0.1, 0.15) is 18.6 Å². The van der Waals surface area contributed by atoms with Gasteiger partial charge >= 0.3 is 6.03 Å². The standard InChI is InChI=1S/C17H18ClFN2O3/c18-15-9-12(5-6-16(15)19)20-17(22)21(10-13-3-1-7-23-13)11-14-4-2-8-24-14/h1,3,5-7,9,14H,2,4,8,10-11H2,(H,20,22)/t14-/m1/s1. The Balaban J connectivity index is 1.70. The number of halogens is 2. The highest BCUT2D eigenvalue weighted by Crippen LogP contribution is 2.21. The molecule has 3 rings (SSSR count). The molecule has 0 spiro atoms. The normalized spacial score (nSPS) is 17.0.